The lowest BCUT2D eigenvalue weighted by molar-refractivity contribution is 0.0836. The number of hydrogen-bond donors (Lipinski definition) is 2. The molecule has 0 unspecified atom stereocenters. The molecule has 0 aliphatic heterocycles. The van der Waals surface area contributed by atoms with Crippen molar-refractivity contribution in [3.05, 3.63) is 3.92 Å². The van der Waals surface area contributed by atoms with Crippen molar-refractivity contribution >= 4 is 32.4 Å². The summed E-state index contributed by atoms with van der Waals surface area (Å²) >= 11 is 4.70. The topological polar surface area (TPSA) is 58.0 Å². The summed E-state index contributed by atoms with van der Waals surface area (Å²) in [4.78, 5) is 0. The van der Waals surface area contributed by atoms with Crippen molar-refractivity contribution in [3.8, 4) is 0 Å². The first-order valence-corrected chi connectivity index (χ1v) is 5.28. The number of nitrogens with zero attached hydrogens (tertiary/aromatic N) is 2. The van der Waals surface area contributed by atoms with Gasteiger partial charge in [0.05, 0.1) is 6.10 Å². The molecule has 12 heavy (non-hydrogen) atoms. The van der Waals surface area contributed by atoms with E-state index < -0.39 is 0 Å². The predicted octanol–water partition coefficient (Wildman–Crippen LogP) is 1.24. The van der Waals surface area contributed by atoms with Crippen LogP contribution in [0.25, 0.3) is 0 Å². The zero-order valence-corrected chi connectivity index (χ0v) is 8.60. The van der Waals surface area contributed by atoms with E-state index in [1.165, 1.54) is 11.3 Å². The molecule has 1 aromatic heterocycles. The largest absolute Gasteiger partial charge is 0.393 e. The monoisotopic (exact) mass is 249 g/mol. The quantitative estimate of drug-likeness (QED) is 0.829. The molecule has 66 valence electrons. The van der Waals surface area contributed by atoms with Crippen LogP contribution in [0.3, 0.4) is 0 Å². The van der Waals surface area contributed by atoms with E-state index in [2.05, 4.69) is 31.4 Å². The lowest BCUT2D eigenvalue weighted by atomic mass is 9.90. The fraction of sp³-hybridized carbons (Fsp3) is 0.667. The van der Waals surface area contributed by atoms with E-state index >= 15 is 0 Å². The summed E-state index contributed by atoms with van der Waals surface area (Å²) in [5.41, 5.74) is 0. The maximum absolute atomic E-state index is 9.02. The third-order valence-electron chi connectivity index (χ3n) is 1.84. The van der Waals surface area contributed by atoms with E-state index in [0.29, 0.717) is 6.04 Å². The van der Waals surface area contributed by atoms with E-state index in [4.69, 9.17) is 5.11 Å². The van der Waals surface area contributed by atoms with Gasteiger partial charge >= 0.3 is 0 Å². The summed E-state index contributed by atoms with van der Waals surface area (Å²) in [5, 5.41) is 20.7. The van der Waals surface area contributed by atoms with Crippen LogP contribution >= 0.6 is 27.3 Å². The minimum Gasteiger partial charge on any atom is -0.393 e. The first-order valence-electron chi connectivity index (χ1n) is 3.67. The Morgan fingerprint density at radius 2 is 2.25 bits per heavy atom. The van der Waals surface area contributed by atoms with Gasteiger partial charge in [-0.1, -0.05) is 11.3 Å². The lowest BCUT2D eigenvalue weighted by Gasteiger charge is -2.31. The molecule has 0 saturated heterocycles. The number of hydrogen-bond acceptors (Lipinski definition) is 5. The van der Waals surface area contributed by atoms with Crippen LogP contribution in [-0.2, 0) is 0 Å². The van der Waals surface area contributed by atoms with Gasteiger partial charge in [0, 0.05) is 6.04 Å². The van der Waals surface area contributed by atoms with Crippen molar-refractivity contribution in [2.24, 2.45) is 0 Å². The lowest BCUT2D eigenvalue weighted by Crippen LogP contribution is -2.38. The van der Waals surface area contributed by atoms with Crippen LogP contribution in [0.15, 0.2) is 3.92 Å². The van der Waals surface area contributed by atoms with Crippen LogP contribution in [0, 0.1) is 0 Å². The van der Waals surface area contributed by atoms with Gasteiger partial charge < -0.3 is 10.4 Å². The second-order valence-corrected chi connectivity index (χ2v) is 5.08. The van der Waals surface area contributed by atoms with Crippen LogP contribution in [0.4, 0.5) is 5.13 Å². The molecular weight excluding hydrogens is 242 g/mol. The summed E-state index contributed by atoms with van der Waals surface area (Å²) in [5.74, 6) is 0. The molecule has 6 heteroatoms. The fourth-order valence-electron chi connectivity index (χ4n) is 1.14. The molecule has 0 radical (unpaired) electrons. The van der Waals surface area contributed by atoms with E-state index in [1.54, 1.807) is 0 Å². The third-order valence-corrected chi connectivity index (χ3v) is 3.13. The first kappa shape index (κ1) is 8.40. The number of rotatable bonds is 2. The predicted molar refractivity (Wildman–Crippen MR) is 50.3 cm³/mol. The highest BCUT2D eigenvalue weighted by atomic mass is 79.9. The Labute approximate surface area is 82.1 Å². The van der Waals surface area contributed by atoms with Crippen molar-refractivity contribution in [3.63, 3.8) is 0 Å². The molecule has 0 aromatic carbocycles. The Hall–Kier alpha value is -0.200. The van der Waals surface area contributed by atoms with Crippen molar-refractivity contribution < 1.29 is 5.11 Å². The van der Waals surface area contributed by atoms with Crippen molar-refractivity contribution in [1.82, 2.24) is 10.2 Å². The molecule has 2 N–H and O–H groups in total. The van der Waals surface area contributed by atoms with Crippen LogP contribution in [0.2, 0.25) is 0 Å². The second-order valence-electron chi connectivity index (χ2n) is 2.83. The van der Waals surface area contributed by atoms with E-state index in [9.17, 15) is 0 Å². The summed E-state index contributed by atoms with van der Waals surface area (Å²) in [6.07, 6.45) is 1.51. The maximum Gasteiger partial charge on any atom is 0.206 e. The smallest absolute Gasteiger partial charge is 0.206 e. The number of aliphatic hydroxyl groups is 1. The molecule has 0 bridgehead atoms. The van der Waals surface area contributed by atoms with Crippen LogP contribution in [0.5, 0.6) is 0 Å². The van der Waals surface area contributed by atoms with Gasteiger partial charge in [-0.15, -0.1) is 10.2 Å². The van der Waals surface area contributed by atoms with Gasteiger partial charge in [-0.05, 0) is 28.8 Å². The highest BCUT2D eigenvalue weighted by molar-refractivity contribution is 9.11. The average Bonchev–Trinajstić information content (AvgIpc) is 2.33. The highest BCUT2D eigenvalue weighted by Crippen LogP contribution is 2.27. The molecular formula is C6H8BrN3OS. The zero-order valence-electron chi connectivity index (χ0n) is 6.20. The molecule has 1 saturated carbocycles. The highest BCUT2D eigenvalue weighted by Gasteiger charge is 2.27. The van der Waals surface area contributed by atoms with Gasteiger partial charge in [0.15, 0.2) is 3.92 Å². The molecule has 1 fully saturated rings. The number of aromatic nitrogens is 2. The molecule has 1 aromatic rings. The Bertz CT molecular complexity index is 274. The van der Waals surface area contributed by atoms with Crippen molar-refractivity contribution in [2.75, 3.05) is 5.32 Å². The minimum atomic E-state index is -0.126. The summed E-state index contributed by atoms with van der Waals surface area (Å²) < 4.78 is 0.782. The number of halogens is 1. The fourth-order valence-corrected chi connectivity index (χ4v) is 2.23. The van der Waals surface area contributed by atoms with Gasteiger partial charge in [-0.25, -0.2) is 0 Å². The standard InChI is InChI=1S/C6H8BrN3OS/c7-5-9-10-6(12-5)8-3-1-4(11)2-3/h3-4,11H,1-2H2,(H,8,10). The van der Waals surface area contributed by atoms with Gasteiger partial charge in [0.25, 0.3) is 0 Å². The van der Waals surface area contributed by atoms with Gasteiger partial charge in [-0.3, -0.25) is 0 Å². The van der Waals surface area contributed by atoms with E-state index in [0.717, 1.165) is 21.9 Å². The van der Waals surface area contributed by atoms with E-state index in [1.807, 2.05) is 0 Å². The minimum absolute atomic E-state index is 0.126. The normalized spacial score (nSPS) is 28.2. The number of anilines is 1. The van der Waals surface area contributed by atoms with Gasteiger partial charge in [0.2, 0.25) is 5.13 Å². The second kappa shape index (κ2) is 3.27. The Morgan fingerprint density at radius 1 is 1.50 bits per heavy atom. The first-order chi connectivity index (χ1) is 5.74. The summed E-state index contributed by atoms with van der Waals surface area (Å²) in [7, 11) is 0. The summed E-state index contributed by atoms with van der Waals surface area (Å²) in [6.45, 7) is 0. The van der Waals surface area contributed by atoms with Crippen molar-refractivity contribution in [2.45, 2.75) is 25.0 Å². The molecule has 0 spiro atoms. The molecule has 1 aliphatic carbocycles. The summed E-state index contributed by atoms with van der Waals surface area (Å²) in [6, 6.07) is 0.375. The maximum atomic E-state index is 9.02. The van der Waals surface area contributed by atoms with Gasteiger partial charge in [0.1, 0.15) is 0 Å². The number of aliphatic hydroxyl groups excluding tert-OH is 1. The third kappa shape index (κ3) is 1.75. The Balaban J connectivity index is 1.88. The molecule has 0 amide bonds. The Morgan fingerprint density at radius 3 is 2.75 bits per heavy atom. The van der Waals surface area contributed by atoms with Crippen LogP contribution < -0.4 is 5.32 Å². The molecule has 4 nitrogen and oxygen atoms in total. The SMILES string of the molecule is OC1CC(Nc2nnc(Br)s2)C1. The Kier molecular flexibility index (Phi) is 2.29. The molecule has 2 rings (SSSR count). The van der Waals surface area contributed by atoms with Crippen molar-refractivity contribution in [1.29, 1.82) is 0 Å². The number of nitrogens with one attached hydrogen (secondary N) is 1. The molecule has 1 heterocycles. The van der Waals surface area contributed by atoms with E-state index in [-0.39, 0.29) is 6.10 Å². The zero-order chi connectivity index (χ0) is 8.55. The van der Waals surface area contributed by atoms with Crippen LogP contribution in [0.1, 0.15) is 12.8 Å². The average molecular weight is 250 g/mol. The van der Waals surface area contributed by atoms with Crippen LogP contribution in [-0.4, -0.2) is 27.4 Å². The molecule has 0 atom stereocenters. The molecule has 1 aliphatic rings. The van der Waals surface area contributed by atoms with Gasteiger partial charge in [-0.2, -0.15) is 0 Å².